The summed E-state index contributed by atoms with van der Waals surface area (Å²) in [7, 11) is 1.64. The van der Waals surface area contributed by atoms with Gasteiger partial charge in [-0.05, 0) is 61.2 Å². The Morgan fingerprint density at radius 2 is 1.57 bits per heavy atom. The minimum Gasteiger partial charge on any atom is -0.497 e. The molecule has 0 saturated carbocycles. The van der Waals surface area contributed by atoms with Gasteiger partial charge in [0.2, 0.25) is 5.91 Å². The average Bonchev–Trinajstić information content (AvgIpc) is 3.24. The molecule has 158 valence electrons. The molecule has 2 aromatic carbocycles. The molecule has 5 nitrogen and oxygen atoms in total. The van der Waals surface area contributed by atoms with E-state index in [1.54, 1.807) is 31.4 Å². The summed E-state index contributed by atoms with van der Waals surface area (Å²) in [4.78, 5) is 30.3. The summed E-state index contributed by atoms with van der Waals surface area (Å²) in [5, 5.41) is 0.599. The van der Waals surface area contributed by atoms with Crippen molar-refractivity contribution in [3.05, 3.63) is 64.7 Å². The maximum absolute atomic E-state index is 13.4. The van der Waals surface area contributed by atoms with Crippen molar-refractivity contribution in [2.24, 2.45) is 5.92 Å². The number of carbonyl (C=O) groups is 2. The molecule has 2 fully saturated rings. The second kappa shape index (κ2) is 9.09. The summed E-state index contributed by atoms with van der Waals surface area (Å²) >= 11 is 5.97. The summed E-state index contributed by atoms with van der Waals surface area (Å²) in [5.41, 5.74) is 1.66. The van der Waals surface area contributed by atoms with Crippen molar-refractivity contribution in [3.8, 4) is 5.75 Å². The van der Waals surface area contributed by atoms with Crippen LogP contribution in [0.4, 0.5) is 0 Å². The number of likely N-dealkylation sites (tertiary alicyclic amines) is 2. The van der Waals surface area contributed by atoms with E-state index < -0.39 is 0 Å². The van der Waals surface area contributed by atoms with Gasteiger partial charge in [0, 0.05) is 42.7 Å². The zero-order valence-corrected chi connectivity index (χ0v) is 18.0. The molecule has 0 spiro atoms. The molecule has 2 aliphatic rings. The Kier molecular flexibility index (Phi) is 6.28. The van der Waals surface area contributed by atoms with Gasteiger partial charge in [-0.15, -0.1) is 0 Å². The van der Waals surface area contributed by atoms with Gasteiger partial charge in [0.05, 0.1) is 13.0 Å². The average molecular weight is 427 g/mol. The molecule has 2 saturated heterocycles. The molecular weight excluding hydrogens is 400 g/mol. The summed E-state index contributed by atoms with van der Waals surface area (Å²) in [6.45, 7) is 2.59. The van der Waals surface area contributed by atoms with Gasteiger partial charge >= 0.3 is 0 Å². The van der Waals surface area contributed by atoms with Gasteiger partial charge in [-0.3, -0.25) is 9.59 Å². The third-order valence-corrected chi connectivity index (χ3v) is 6.48. The molecule has 2 atom stereocenters. The largest absolute Gasteiger partial charge is 0.497 e. The van der Waals surface area contributed by atoms with Gasteiger partial charge in [-0.2, -0.15) is 0 Å². The lowest BCUT2D eigenvalue weighted by Gasteiger charge is -2.31. The van der Waals surface area contributed by atoms with Gasteiger partial charge in [0.25, 0.3) is 5.91 Å². The van der Waals surface area contributed by atoms with Crippen molar-refractivity contribution in [1.82, 2.24) is 9.80 Å². The second-order valence-corrected chi connectivity index (χ2v) is 8.53. The van der Waals surface area contributed by atoms with E-state index in [1.807, 2.05) is 34.1 Å². The van der Waals surface area contributed by atoms with E-state index in [2.05, 4.69) is 0 Å². The van der Waals surface area contributed by atoms with Crippen LogP contribution in [0.2, 0.25) is 5.02 Å². The number of rotatable bonds is 4. The van der Waals surface area contributed by atoms with Crippen molar-refractivity contribution >= 4 is 23.4 Å². The van der Waals surface area contributed by atoms with Crippen LogP contribution in [-0.4, -0.2) is 54.9 Å². The predicted octanol–water partition coefficient (Wildman–Crippen LogP) is 4.22. The molecule has 2 aliphatic heterocycles. The van der Waals surface area contributed by atoms with Crippen molar-refractivity contribution < 1.29 is 14.3 Å². The molecule has 0 unspecified atom stereocenters. The van der Waals surface area contributed by atoms with Gasteiger partial charge in [0.15, 0.2) is 0 Å². The molecular formula is C24H27ClN2O3. The summed E-state index contributed by atoms with van der Waals surface area (Å²) in [6, 6.07) is 14.8. The number of halogens is 1. The van der Waals surface area contributed by atoms with E-state index in [1.165, 1.54) is 6.42 Å². The minimum atomic E-state index is -0.229. The molecule has 2 amide bonds. The lowest BCUT2D eigenvalue weighted by atomic mass is 9.87. The van der Waals surface area contributed by atoms with Crippen LogP contribution < -0.4 is 4.74 Å². The first-order chi connectivity index (χ1) is 14.6. The number of ether oxygens (including phenoxy) is 1. The highest BCUT2D eigenvalue weighted by molar-refractivity contribution is 6.30. The first-order valence-corrected chi connectivity index (χ1v) is 10.9. The Morgan fingerprint density at radius 3 is 2.20 bits per heavy atom. The Bertz CT molecular complexity index is 892. The van der Waals surface area contributed by atoms with E-state index in [0.29, 0.717) is 23.7 Å². The van der Waals surface area contributed by atoms with Crippen molar-refractivity contribution in [2.75, 3.05) is 33.3 Å². The zero-order chi connectivity index (χ0) is 21.1. The van der Waals surface area contributed by atoms with Crippen LogP contribution in [0.3, 0.4) is 0 Å². The third kappa shape index (κ3) is 4.31. The standard InChI is InChI=1S/C24H27ClN2O3/c1-30-20-11-7-17(8-12-20)21-15-27(23(28)18-5-9-19(25)10-6-18)16-22(21)24(29)26-13-3-2-4-14-26/h5-12,21-22H,2-4,13-16H2,1H3/t21-,22-/m1/s1. The van der Waals surface area contributed by atoms with Gasteiger partial charge in [-0.1, -0.05) is 23.7 Å². The van der Waals surface area contributed by atoms with Crippen molar-refractivity contribution in [3.63, 3.8) is 0 Å². The van der Waals surface area contributed by atoms with Crippen LogP contribution in [0.15, 0.2) is 48.5 Å². The molecule has 4 rings (SSSR count). The first kappa shape index (κ1) is 20.7. The van der Waals surface area contributed by atoms with Gasteiger partial charge in [-0.25, -0.2) is 0 Å². The Labute approximate surface area is 182 Å². The maximum Gasteiger partial charge on any atom is 0.253 e. The van der Waals surface area contributed by atoms with Crippen molar-refractivity contribution in [1.29, 1.82) is 0 Å². The summed E-state index contributed by atoms with van der Waals surface area (Å²) in [5.74, 6) is 0.639. The van der Waals surface area contributed by atoms with Crippen LogP contribution in [0.5, 0.6) is 5.75 Å². The van der Waals surface area contributed by atoms with E-state index in [4.69, 9.17) is 16.3 Å². The molecule has 0 aliphatic carbocycles. The fourth-order valence-electron chi connectivity index (χ4n) is 4.53. The minimum absolute atomic E-state index is 0.0263. The van der Waals surface area contributed by atoms with Crippen LogP contribution in [0.25, 0.3) is 0 Å². The molecule has 0 bridgehead atoms. The highest BCUT2D eigenvalue weighted by Gasteiger charge is 2.42. The van der Waals surface area contributed by atoms with E-state index >= 15 is 0 Å². The molecule has 2 heterocycles. The Morgan fingerprint density at radius 1 is 0.900 bits per heavy atom. The second-order valence-electron chi connectivity index (χ2n) is 8.09. The van der Waals surface area contributed by atoms with Gasteiger partial charge < -0.3 is 14.5 Å². The Hall–Kier alpha value is -2.53. The van der Waals surface area contributed by atoms with E-state index in [0.717, 1.165) is 37.2 Å². The Balaban J connectivity index is 1.59. The molecule has 6 heteroatoms. The van der Waals surface area contributed by atoms with Gasteiger partial charge in [0.1, 0.15) is 5.75 Å². The molecule has 0 aromatic heterocycles. The van der Waals surface area contributed by atoms with E-state index in [-0.39, 0.29) is 23.7 Å². The van der Waals surface area contributed by atoms with Crippen LogP contribution >= 0.6 is 11.6 Å². The summed E-state index contributed by atoms with van der Waals surface area (Å²) < 4.78 is 5.28. The molecule has 30 heavy (non-hydrogen) atoms. The van der Waals surface area contributed by atoms with E-state index in [9.17, 15) is 9.59 Å². The molecule has 0 radical (unpaired) electrons. The number of amides is 2. The highest BCUT2D eigenvalue weighted by atomic mass is 35.5. The van der Waals surface area contributed by atoms with Crippen LogP contribution in [0.1, 0.15) is 41.1 Å². The third-order valence-electron chi connectivity index (χ3n) is 6.23. The lowest BCUT2D eigenvalue weighted by Crippen LogP contribution is -2.42. The highest BCUT2D eigenvalue weighted by Crippen LogP contribution is 2.36. The SMILES string of the molecule is COc1ccc([C@H]2CN(C(=O)c3ccc(Cl)cc3)C[C@H]2C(=O)N2CCCCC2)cc1. The lowest BCUT2D eigenvalue weighted by molar-refractivity contribution is -0.136. The smallest absolute Gasteiger partial charge is 0.253 e. The number of methoxy groups -OCH3 is 1. The number of benzene rings is 2. The first-order valence-electron chi connectivity index (χ1n) is 10.5. The fourth-order valence-corrected chi connectivity index (χ4v) is 4.66. The zero-order valence-electron chi connectivity index (χ0n) is 17.2. The number of hydrogen-bond donors (Lipinski definition) is 0. The number of piperidine rings is 1. The summed E-state index contributed by atoms with van der Waals surface area (Å²) in [6.07, 6.45) is 3.29. The van der Waals surface area contributed by atoms with Crippen LogP contribution in [-0.2, 0) is 4.79 Å². The van der Waals surface area contributed by atoms with Crippen molar-refractivity contribution in [2.45, 2.75) is 25.2 Å². The molecule has 2 aromatic rings. The predicted molar refractivity (Wildman–Crippen MR) is 117 cm³/mol. The maximum atomic E-state index is 13.4. The quantitative estimate of drug-likeness (QED) is 0.735. The monoisotopic (exact) mass is 426 g/mol. The molecule has 0 N–H and O–H groups in total. The number of carbonyl (C=O) groups excluding carboxylic acids is 2. The number of nitrogens with zero attached hydrogens (tertiary/aromatic N) is 2. The topological polar surface area (TPSA) is 49.9 Å². The normalized spacial score (nSPS) is 21.5. The van der Waals surface area contributed by atoms with Crippen LogP contribution in [0, 0.1) is 5.92 Å². The number of hydrogen-bond acceptors (Lipinski definition) is 3. The fraction of sp³-hybridized carbons (Fsp3) is 0.417.